The Hall–Kier alpha value is -1.43. The number of hydrogen-bond acceptors (Lipinski definition) is 4. The number of hydrazine groups is 1. The molecule has 0 N–H and O–H groups in total. The molecule has 1 aromatic rings. The first-order valence-electron chi connectivity index (χ1n) is 11.3. The first kappa shape index (κ1) is 19.5. The Morgan fingerprint density at radius 1 is 1.17 bits per heavy atom. The van der Waals surface area contributed by atoms with Crippen molar-refractivity contribution in [2.75, 3.05) is 13.6 Å². The molecule has 1 amide bonds. The summed E-state index contributed by atoms with van der Waals surface area (Å²) in [5.41, 5.74) is 1.35. The fraction of sp³-hybridized carbons (Fsp3) is 0.708. The van der Waals surface area contributed by atoms with E-state index in [1.807, 2.05) is 11.1 Å². The summed E-state index contributed by atoms with van der Waals surface area (Å²) >= 11 is 0. The van der Waals surface area contributed by atoms with Gasteiger partial charge in [-0.25, -0.2) is 5.01 Å². The molecule has 0 unspecified atom stereocenters. The first-order chi connectivity index (χ1) is 13.8. The van der Waals surface area contributed by atoms with Gasteiger partial charge in [-0.3, -0.25) is 14.7 Å². The highest BCUT2D eigenvalue weighted by Crippen LogP contribution is 2.54. The molecule has 4 fully saturated rings. The van der Waals surface area contributed by atoms with Crippen LogP contribution in [0.5, 0.6) is 0 Å². The van der Waals surface area contributed by atoms with Crippen LogP contribution in [0, 0.1) is 17.8 Å². The maximum Gasteiger partial charge on any atom is 0.234 e. The average molecular weight is 398 g/mol. The number of amides is 1. The molecule has 3 aliphatic heterocycles. The number of carbonyl (C=O) groups is 1. The van der Waals surface area contributed by atoms with Gasteiger partial charge in [0.25, 0.3) is 0 Å². The number of benzene rings is 1. The van der Waals surface area contributed by atoms with E-state index in [0.29, 0.717) is 17.9 Å². The molecule has 7 atom stereocenters. The van der Waals surface area contributed by atoms with Crippen LogP contribution in [0.15, 0.2) is 30.3 Å². The van der Waals surface area contributed by atoms with Crippen molar-refractivity contribution >= 4 is 5.91 Å². The topological polar surface area (TPSA) is 36.0 Å². The Labute approximate surface area is 175 Å². The molecule has 29 heavy (non-hydrogen) atoms. The molecule has 5 rings (SSSR count). The van der Waals surface area contributed by atoms with Crippen molar-refractivity contribution < 1.29 is 9.53 Å². The number of carbonyl (C=O) groups excluding carboxylic acids is 1. The Balaban J connectivity index is 1.53. The molecule has 4 aliphatic rings. The van der Waals surface area contributed by atoms with E-state index in [4.69, 9.17) is 4.74 Å². The summed E-state index contributed by atoms with van der Waals surface area (Å²) in [6.45, 7) is 9.89. The lowest BCUT2D eigenvalue weighted by Crippen LogP contribution is -2.65. The summed E-state index contributed by atoms with van der Waals surface area (Å²) in [4.78, 5) is 15.3. The van der Waals surface area contributed by atoms with Gasteiger partial charge in [0.1, 0.15) is 6.23 Å². The quantitative estimate of drug-likeness (QED) is 0.724. The van der Waals surface area contributed by atoms with Gasteiger partial charge < -0.3 is 4.74 Å². The molecular weight excluding hydrogens is 362 g/mol. The second kappa shape index (κ2) is 6.79. The van der Waals surface area contributed by atoms with E-state index in [1.54, 1.807) is 6.92 Å². The van der Waals surface area contributed by atoms with E-state index in [1.165, 1.54) is 18.4 Å². The molecule has 0 radical (unpaired) electrons. The van der Waals surface area contributed by atoms with Crippen molar-refractivity contribution in [1.82, 2.24) is 14.9 Å². The van der Waals surface area contributed by atoms with Gasteiger partial charge >= 0.3 is 0 Å². The monoisotopic (exact) mass is 397 g/mol. The Kier molecular flexibility index (Phi) is 4.57. The van der Waals surface area contributed by atoms with Crippen molar-refractivity contribution in [1.29, 1.82) is 0 Å². The van der Waals surface area contributed by atoms with Crippen LogP contribution in [-0.4, -0.2) is 58.3 Å². The number of nitrogens with zero attached hydrogens (tertiary/aromatic N) is 3. The van der Waals surface area contributed by atoms with Gasteiger partial charge in [0.05, 0.1) is 18.2 Å². The van der Waals surface area contributed by atoms with Gasteiger partial charge in [0.2, 0.25) is 5.91 Å². The zero-order valence-electron chi connectivity index (χ0n) is 18.4. The maximum absolute atomic E-state index is 12.7. The molecule has 158 valence electrons. The Bertz CT molecular complexity index is 782. The van der Waals surface area contributed by atoms with Crippen molar-refractivity contribution in [3.05, 3.63) is 35.9 Å². The van der Waals surface area contributed by atoms with Crippen LogP contribution >= 0.6 is 0 Å². The summed E-state index contributed by atoms with van der Waals surface area (Å²) in [7, 11) is 2.08. The highest BCUT2D eigenvalue weighted by Gasteiger charge is 2.63. The summed E-state index contributed by atoms with van der Waals surface area (Å²) in [6, 6.07) is 10.8. The van der Waals surface area contributed by atoms with Crippen molar-refractivity contribution in [2.24, 2.45) is 17.8 Å². The van der Waals surface area contributed by atoms with Crippen LogP contribution in [0.1, 0.15) is 58.6 Å². The summed E-state index contributed by atoms with van der Waals surface area (Å²) in [5, 5.41) is 4.17. The summed E-state index contributed by atoms with van der Waals surface area (Å²) in [5.74, 6) is 1.80. The van der Waals surface area contributed by atoms with Crippen molar-refractivity contribution in [2.45, 2.75) is 76.9 Å². The van der Waals surface area contributed by atoms with Crippen LogP contribution in [0.2, 0.25) is 0 Å². The fourth-order valence-corrected chi connectivity index (χ4v) is 6.96. The predicted molar refractivity (Wildman–Crippen MR) is 113 cm³/mol. The molecule has 0 bridgehead atoms. The SMILES string of the molecule is CC(=O)N1[C@@H](c2ccccc2)[C@@H]2CN3[C@@H](O[C@@H]4C[C@H](C)CC[C@H]4C3(C)C)[C@@H]2N1C. The van der Waals surface area contributed by atoms with E-state index in [2.05, 4.69) is 62.0 Å². The summed E-state index contributed by atoms with van der Waals surface area (Å²) < 4.78 is 6.86. The number of likely N-dealkylation sites (N-methyl/N-ethyl adjacent to an activating group) is 1. The Morgan fingerprint density at radius 2 is 1.90 bits per heavy atom. The molecule has 1 saturated carbocycles. The summed E-state index contributed by atoms with van der Waals surface area (Å²) in [6.07, 6.45) is 4.13. The number of ether oxygens (including phenoxy) is 1. The van der Waals surface area contributed by atoms with Gasteiger partial charge in [0, 0.05) is 37.9 Å². The third-order valence-corrected chi connectivity index (χ3v) is 8.37. The second-order valence-corrected chi connectivity index (χ2v) is 10.3. The molecule has 1 aliphatic carbocycles. The van der Waals surface area contributed by atoms with E-state index < -0.39 is 0 Å². The smallest absolute Gasteiger partial charge is 0.234 e. The minimum atomic E-state index is 0.0575. The zero-order chi connectivity index (χ0) is 20.5. The third kappa shape index (κ3) is 2.81. The molecular formula is C24H35N3O2. The molecule has 0 spiro atoms. The minimum absolute atomic E-state index is 0.0575. The van der Waals surface area contributed by atoms with Crippen LogP contribution in [0.25, 0.3) is 0 Å². The van der Waals surface area contributed by atoms with E-state index >= 15 is 0 Å². The van der Waals surface area contributed by atoms with Gasteiger partial charge in [-0.2, -0.15) is 0 Å². The van der Waals surface area contributed by atoms with Crippen molar-refractivity contribution in [3.63, 3.8) is 0 Å². The largest absolute Gasteiger partial charge is 0.358 e. The van der Waals surface area contributed by atoms with Crippen LogP contribution in [-0.2, 0) is 9.53 Å². The number of rotatable bonds is 1. The van der Waals surface area contributed by atoms with E-state index in [9.17, 15) is 4.79 Å². The first-order valence-corrected chi connectivity index (χ1v) is 11.3. The third-order valence-electron chi connectivity index (χ3n) is 8.37. The van der Waals surface area contributed by atoms with Crippen molar-refractivity contribution in [3.8, 4) is 0 Å². The molecule has 5 nitrogen and oxygen atoms in total. The van der Waals surface area contributed by atoms with Crippen LogP contribution in [0.3, 0.4) is 0 Å². The maximum atomic E-state index is 12.7. The fourth-order valence-electron chi connectivity index (χ4n) is 6.96. The molecule has 3 saturated heterocycles. The van der Waals surface area contributed by atoms with Gasteiger partial charge in [-0.05, 0) is 38.2 Å². The van der Waals surface area contributed by atoms with Crippen LogP contribution in [0.4, 0.5) is 0 Å². The standard InChI is InChI=1S/C24H35N3O2/c1-15-11-12-19-20(13-15)29-23-22-18(14-26(23)24(19,3)4)21(17-9-7-6-8-10-17)27(16(2)28)25(22)5/h6-10,15,18-23H,11-14H2,1-5H3/t15-,18+,19-,20-,21+,22-,23+/m1/s1. The predicted octanol–water partition coefficient (Wildman–Crippen LogP) is 3.68. The lowest BCUT2D eigenvalue weighted by Gasteiger charge is -2.56. The molecule has 3 heterocycles. The molecule has 0 aromatic heterocycles. The minimum Gasteiger partial charge on any atom is -0.358 e. The average Bonchev–Trinajstić information content (AvgIpc) is 3.18. The van der Waals surface area contributed by atoms with Crippen LogP contribution < -0.4 is 0 Å². The second-order valence-electron chi connectivity index (χ2n) is 10.3. The van der Waals surface area contributed by atoms with Gasteiger partial charge in [0.15, 0.2) is 0 Å². The van der Waals surface area contributed by atoms with Gasteiger partial charge in [-0.15, -0.1) is 0 Å². The number of hydrogen-bond donors (Lipinski definition) is 0. The highest BCUT2D eigenvalue weighted by atomic mass is 16.5. The van der Waals surface area contributed by atoms with E-state index in [-0.39, 0.29) is 29.8 Å². The highest BCUT2D eigenvalue weighted by molar-refractivity contribution is 5.74. The normalized spacial score (nSPS) is 41.7. The lowest BCUT2D eigenvalue weighted by atomic mass is 9.70. The van der Waals surface area contributed by atoms with E-state index in [0.717, 1.165) is 18.9 Å². The number of fused-ring (bicyclic) bond motifs is 4. The Morgan fingerprint density at radius 3 is 2.59 bits per heavy atom. The zero-order valence-corrected chi connectivity index (χ0v) is 18.4. The molecule has 1 aromatic carbocycles. The lowest BCUT2D eigenvalue weighted by molar-refractivity contribution is -0.237. The van der Waals surface area contributed by atoms with Gasteiger partial charge in [-0.1, -0.05) is 43.7 Å². The molecule has 5 heteroatoms.